The van der Waals surface area contributed by atoms with Crippen LogP contribution >= 0.6 is 0 Å². The summed E-state index contributed by atoms with van der Waals surface area (Å²) in [5.74, 6) is -1.03. The average molecular weight is 405 g/mol. The molecule has 7 nitrogen and oxygen atoms in total. The summed E-state index contributed by atoms with van der Waals surface area (Å²) in [6.45, 7) is 0.340. The van der Waals surface area contributed by atoms with Gasteiger partial charge in [0, 0.05) is 18.7 Å². The monoisotopic (exact) mass is 405 g/mol. The Bertz CT molecular complexity index is 923. The summed E-state index contributed by atoms with van der Waals surface area (Å²) < 4.78 is 37.2. The van der Waals surface area contributed by atoms with Crippen LogP contribution in [0.2, 0.25) is 0 Å². The molecule has 1 fully saturated rings. The average Bonchev–Trinajstić information content (AvgIpc) is 3.20. The number of rotatable bonds is 5. The fourth-order valence-electron chi connectivity index (χ4n) is 3.18. The Hall–Kier alpha value is -3.36. The Morgan fingerprint density at radius 3 is 2.48 bits per heavy atom. The Morgan fingerprint density at radius 2 is 1.79 bits per heavy atom. The van der Waals surface area contributed by atoms with Crippen molar-refractivity contribution in [1.29, 1.82) is 0 Å². The van der Waals surface area contributed by atoms with Crippen molar-refractivity contribution < 1.29 is 27.8 Å². The molecule has 1 aliphatic rings. The van der Waals surface area contributed by atoms with Gasteiger partial charge in [-0.15, -0.1) is 0 Å². The number of hydrogen-bond donors (Lipinski definition) is 2. The highest BCUT2D eigenvalue weighted by Gasteiger charge is 2.34. The molecule has 0 bridgehead atoms. The minimum atomic E-state index is -0.887. The van der Waals surface area contributed by atoms with Crippen molar-refractivity contribution in [2.24, 2.45) is 0 Å². The van der Waals surface area contributed by atoms with Crippen molar-refractivity contribution >= 4 is 23.3 Å². The maximum absolute atomic E-state index is 13.8. The van der Waals surface area contributed by atoms with Crippen molar-refractivity contribution in [2.45, 2.75) is 18.9 Å². The van der Waals surface area contributed by atoms with Crippen LogP contribution in [0.1, 0.15) is 12.8 Å². The van der Waals surface area contributed by atoms with E-state index in [1.165, 1.54) is 19.1 Å². The van der Waals surface area contributed by atoms with E-state index in [4.69, 9.17) is 9.47 Å². The van der Waals surface area contributed by atoms with Gasteiger partial charge >= 0.3 is 6.03 Å². The molecule has 0 spiro atoms. The number of nitrogens with one attached hydrogen (secondary N) is 2. The summed E-state index contributed by atoms with van der Waals surface area (Å²) >= 11 is 0. The molecular weight excluding hydrogens is 384 g/mol. The van der Waals surface area contributed by atoms with Gasteiger partial charge in [-0.05, 0) is 37.1 Å². The minimum Gasteiger partial charge on any atom is -0.497 e. The molecule has 0 aromatic heterocycles. The molecule has 2 N–H and O–H groups in total. The van der Waals surface area contributed by atoms with E-state index in [1.54, 1.807) is 18.2 Å². The number of urea groups is 1. The van der Waals surface area contributed by atoms with Crippen molar-refractivity contribution in [2.75, 3.05) is 31.4 Å². The highest BCUT2D eigenvalue weighted by atomic mass is 19.1. The van der Waals surface area contributed by atoms with E-state index >= 15 is 0 Å². The molecule has 1 atom stereocenters. The molecule has 29 heavy (non-hydrogen) atoms. The lowest BCUT2D eigenvalue weighted by atomic mass is 10.2. The number of halogens is 2. The van der Waals surface area contributed by atoms with Gasteiger partial charge in [-0.2, -0.15) is 0 Å². The first-order valence-corrected chi connectivity index (χ1v) is 8.98. The predicted octanol–water partition coefficient (Wildman–Crippen LogP) is 3.62. The number of ether oxygens (including phenoxy) is 2. The molecule has 1 saturated heterocycles. The van der Waals surface area contributed by atoms with Crippen molar-refractivity contribution in [1.82, 2.24) is 4.90 Å². The number of amides is 3. The molecule has 0 radical (unpaired) electrons. The van der Waals surface area contributed by atoms with Crippen molar-refractivity contribution in [3.05, 3.63) is 48.0 Å². The van der Waals surface area contributed by atoms with Crippen LogP contribution in [0.4, 0.5) is 25.0 Å². The SMILES string of the molecule is COc1ccc(NC(=O)[C@H]2CCCN2C(=O)Nc2ccc(F)cc2F)c(OC)c1. The molecule has 0 unspecified atom stereocenters. The topological polar surface area (TPSA) is 79.9 Å². The molecule has 3 amide bonds. The molecule has 2 aromatic carbocycles. The second-order valence-electron chi connectivity index (χ2n) is 6.46. The van der Waals surface area contributed by atoms with Gasteiger partial charge in [-0.25, -0.2) is 13.6 Å². The van der Waals surface area contributed by atoms with Crippen LogP contribution in [-0.4, -0.2) is 43.6 Å². The van der Waals surface area contributed by atoms with E-state index in [9.17, 15) is 18.4 Å². The number of carbonyl (C=O) groups is 2. The van der Waals surface area contributed by atoms with Gasteiger partial charge in [0.25, 0.3) is 0 Å². The van der Waals surface area contributed by atoms with Crippen molar-refractivity contribution in [3.63, 3.8) is 0 Å². The fraction of sp³-hybridized carbons (Fsp3) is 0.300. The third kappa shape index (κ3) is 4.56. The van der Waals surface area contributed by atoms with E-state index in [0.717, 1.165) is 12.1 Å². The number of methoxy groups -OCH3 is 2. The van der Waals surface area contributed by atoms with E-state index in [-0.39, 0.29) is 11.6 Å². The summed E-state index contributed by atoms with van der Waals surface area (Å²) in [7, 11) is 2.99. The maximum atomic E-state index is 13.8. The quantitative estimate of drug-likeness (QED) is 0.796. The van der Waals surface area contributed by atoms with Crippen LogP contribution in [0.3, 0.4) is 0 Å². The van der Waals surface area contributed by atoms with Gasteiger partial charge in [-0.1, -0.05) is 0 Å². The summed E-state index contributed by atoms with van der Waals surface area (Å²) in [6, 6.07) is 6.45. The Labute approximate surface area is 166 Å². The van der Waals surface area contributed by atoms with E-state index in [1.807, 2.05) is 0 Å². The molecule has 2 aromatic rings. The smallest absolute Gasteiger partial charge is 0.322 e. The van der Waals surface area contributed by atoms with Crippen LogP contribution in [0.5, 0.6) is 11.5 Å². The molecule has 3 rings (SSSR count). The summed E-state index contributed by atoms with van der Waals surface area (Å²) in [5, 5.41) is 5.15. The largest absolute Gasteiger partial charge is 0.497 e. The Balaban J connectivity index is 1.71. The number of nitrogens with zero attached hydrogens (tertiary/aromatic N) is 1. The molecule has 1 heterocycles. The zero-order chi connectivity index (χ0) is 21.0. The van der Waals surface area contributed by atoms with E-state index in [2.05, 4.69) is 10.6 Å². The van der Waals surface area contributed by atoms with Gasteiger partial charge in [0.05, 0.1) is 25.6 Å². The first kappa shape index (κ1) is 20.4. The summed E-state index contributed by atoms with van der Waals surface area (Å²) in [4.78, 5) is 26.7. The molecule has 9 heteroatoms. The second-order valence-corrected chi connectivity index (χ2v) is 6.46. The lowest BCUT2D eigenvalue weighted by Gasteiger charge is -2.24. The highest BCUT2D eigenvalue weighted by molar-refractivity contribution is 6.00. The van der Waals surface area contributed by atoms with Crippen molar-refractivity contribution in [3.8, 4) is 11.5 Å². The third-order valence-electron chi connectivity index (χ3n) is 4.66. The Kier molecular flexibility index (Phi) is 6.16. The number of hydrogen-bond acceptors (Lipinski definition) is 4. The zero-order valence-corrected chi connectivity index (χ0v) is 16.0. The van der Waals surface area contributed by atoms with Gasteiger partial charge in [0.2, 0.25) is 5.91 Å². The maximum Gasteiger partial charge on any atom is 0.322 e. The van der Waals surface area contributed by atoms with Gasteiger partial charge in [0.15, 0.2) is 0 Å². The molecule has 1 aliphatic heterocycles. The van der Waals surface area contributed by atoms with Crippen LogP contribution < -0.4 is 20.1 Å². The second kappa shape index (κ2) is 8.76. The third-order valence-corrected chi connectivity index (χ3v) is 4.66. The first-order chi connectivity index (χ1) is 13.9. The number of likely N-dealkylation sites (tertiary alicyclic amines) is 1. The lowest BCUT2D eigenvalue weighted by Crippen LogP contribution is -2.45. The van der Waals surface area contributed by atoms with Crippen LogP contribution in [-0.2, 0) is 4.79 Å². The zero-order valence-electron chi connectivity index (χ0n) is 16.0. The van der Waals surface area contributed by atoms with Crippen LogP contribution in [0.15, 0.2) is 36.4 Å². The number of anilines is 2. The van der Waals surface area contributed by atoms with Crippen LogP contribution in [0.25, 0.3) is 0 Å². The van der Waals surface area contributed by atoms with Gasteiger partial charge in [-0.3, -0.25) is 4.79 Å². The fourth-order valence-corrected chi connectivity index (χ4v) is 3.18. The standard InChI is InChI=1S/C20H21F2N3O4/c1-28-13-6-8-16(18(11-13)29-2)23-19(26)17-4-3-9-25(17)20(27)24-15-7-5-12(21)10-14(15)22/h5-8,10-11,17H,3-4,9H2,1-2H3,(H,23,26)(H,24,27)/t17-/m1/s1. The minimum absolute atomic E-state index is 0.153. The highest BCUT2D eigenvalue weighted by Crippen LogP contribution is 2.30. The molecule has 0 saturated carbocycles. The number of carbonyl (C=O) groups excluding carboxylic acids is 2. The summed E-state index contributed by atoms with van der Waals surface area (Å²) in [5.41, 5.74) is 0.286. The van der Waals surface area contributed by atoms with E-state index < -0.39 is 23.7 Å². The molecule has 0 aliphatic carbocycles. The lowest BCUT2D eigenvalue weighted by molar-refractivity contribution is -0.119. The van der Waals surface area contributed by atoms with E-state index in [0.29, 0.717) is 42.6 Å². The molecule has 154 valence electrons. The van der Waals surface area contributed by atoms with Crippen LogP contribution in [0, 0.1) is 11.6 Å². The van der Waals surface area contributed by atoms with Gasteiger partial charge < -0.3 is 25.0 Å². The Morgan fingerprint density at radius 1 is 1.03 bits per heavy atom. The molecular formula is C20H21F2N3O4. The predicted molar refractivity (Wildman–Crippen MR) is 103 cm³/mol. The first-order valence-electron chi connectivity index (χ1n) is 8.98. The normalized spacial score (nSPS) is 15.7. The number of benzene rings is 2. The summed E-state index contributed by atoms with van der Waals surface area (Å²) in [6.07, 6.45) is 1.08. The van der Waals surface area contributed by atoms with Gasteiger partial charge in [0.1, 0.15) is 29.2 Å².